The van der Waals surface area contributed by atoms with Crippen LogP contribution in [0, 0.1) is 12.7 Å². The number of carbonyl (C=O) groups excluding carboxylic acids is 1. The summed E-state index contributed by atoms with van der Waals surface area (Å²) in [6, 6.07) is 4.21. The normalized spacial score (nSPS) is 10.8. The van der Waals surface area contributed by atoms with Crippen LogP contribution in [0.25, 0.3) is 0 Å². The second-order valence-electron chi connectivity index (χ2n) is 4.35. The van der Waals surface area contributed by atoms with E-state index in [2.05, 4.69) is 5.10 Å². The number of aromatic nitrogens is 2. The van der Waals surface area contributed by atoms with Gasteiger partial charge >= 0.3 is 0 Å². The summed E-state index contributed by atoms with van der Waals surface area (Å²) in [7, 11) is 1.57. The van der Waals surface area contributed by atoms with Crippen molar-refractivity contribution < 1.29 is 13.9 Å². The first-order chi connectivity index (χ1) is 9.54. The molecule has 1 aromatic heterocycles. The standard InChI is InChI=1S/C14H14ClFN2O2/c1-9-7-10(3-4-12(9)16)14(19)13-11(15)8-17-18(13)5-6-20-2/h3-4,7-8H,5-6H2,1-2H3. The van der Waals surface area contributed by atoms with E-state index in [1.54, 1.807) is 14.0 Å². The van der Waals surface area contributed by atoms with Gasteiger partial charge in [0.1, 0.15) is 11.5 Å². The molecule has 0 saturated carbocycles. The quantitative estimate of drug-likeness (QED) is 0.797. The maximum absolute atomic E-state index is 13.3. The number of nitrogens with zero attached hydrogens (tertiary/aromatic N) is 2. The van der Waals surface area contributed by atoms with Crippen LogP contribution in [-0.2, 0) is 11.3 Å². The third kappa shape index (κ3) is 2.89. The highest BCUT2D eigenvalue weighted by Crippen LogP contribution is 2.20. The van der Waals surface area contributed by atoms with Crippen LogP contribution in [0.4, 0.5) is 4.39 Å². The molecule has 0 aliphatic heterocycles. The molecule has 2 aromatic rings. The molecule has 0 saturated heterocycles. The Morgan fingerprint density at radius 2 is 2.25 bits per heavy atom. The fourth-order valence-corrected chi connectivity index (χ4v) is 2.09. The zero-order valence-corrected chi connectivity index (χ0v) is 11.9. The summed E-state index contributed by atoms with van der Waals surface area (Å²) in [5.41, 5.74) is 1.08. The number of ether oxygens (including phenoxy) is 1. The number of rotatable bonds is 5. The molecule has 0 atom stereocenters. The zero-order chi connectivity index (χ0) is 14.7. The van der Waals surface area contributed by atoms with E-state index >= 15 is 0 Å². The maximum atomic E-state index is 13.3. The number of halogens is 2. The minimum Gasteiger partial charge on any atom is -0.383 e. The van der Waals surface area contributed by atoms with E-state index < -0.39 is 0 Å². The first-order valence-electron chi connectivity index (χ1n) is 6.05. The molecule has 0 aliphatic rings. The van der Waals surface area contributed by atoms with Gasteiger partial charge in [-0.05, 0) is 30.7 Å². The monoisotopic (exact) mass is 296 g/mol. The van der Waals surface area contributed by atoms with Crippen molar-refractivity contribution in [3.05, 3.63) is 52.1 Å². The molecule has 2 rings (SSSR count). The number of carbonyl (C=O) groups is 1. The molecule has 0 N–H and O–H groups in total. The van der Waals surface area contributed by atoms with Gasteiger partial charge in [-0.15, -0.1) is 0 Å². The van der Waals surface area contributed by atoms with Crippen molar-refractivity contribution in [1.29, 1.82) is 0 Å². The third-order valence-corrected chi connectivity index (χ3v) is 3.21. The molecule has 1 heterocycles. The van der Waals surface area contributed by atoms with E-state index in [1.165, 1.54) is 29.1 Å². The van der Waals surface area contributed by atoms with Crippen LogP contribution < -0.4 is 0 Å². The Bertz CT molecular complexity index is 640. The van der Waals surface area contributed by atoms with Crippen LogP contribution in [0.2, 0.25) is 5.02 Å². The van der Waals surface area contributed by atoms with Crippen LogP contribution in [0.15, 0.2) is 24.4 Å². The first-order valence-corrected chi connectivity index (χ1v) is 6.43. The third-order valence-electron chi connectivity index (χ3n) is 2.94. The summed E-state index contributed by atoms with van der Waals surface area (Å²) in [6.07, 6.45) is 1.42. The van der Waals surface area contributed by atoms with Gasteiger partial charge in [-0.3, -0.25) is 9.48 Å². The van der Waals surface area contributed by atoms with E-state index in [1.807, 2.05) is 0 Å². The minimum atomic E-state index is -0.347. The summed E-state index contributed by atoms with van der Waals surface area (Å²) < 4.78 is 19.7. The average molecular weight is 297 g/mol. The maximum Gasteiger partial charge on any atom is 0.212 e. The van der Waals surface area contributed by atoms with Crippen molar-refractivity contribution in [2.75, 3.05) is 13.7 Å². The Morgan fingerprint density at radius 1 is 1.50 bits per heavy atom. The topological polar surface area (TPSA) is 44.1 Å². The molecule has 1 aromatic carbocycles. The lowest BCUT2D eigenvalue weighted by Crippen LogP contribution is -2.15. The minimum absolute atomic E-state index is 0.271. The van der Waals surface area contributed by atoms with Crippen LogP contribution in [0.5, 0.6) is 0 Å². The lowest BCUT2D eigenvalue weighted by atomic mass is 10.1. The van der Waals surface area contributed by atoms with Gasteiger partial charge < -0.3 is 4.74 Å². The number of hydrogen-bond acceptors (Lipinski definition) is 3. The van der Waals surface area contributed by atoms with Crippen LogP contribution in [0.1, 0.15) is 21.6 Å². The van der Waals surface area contributed by atoms with E-state index in [9.17, 15) is 9.18 Å². The Kier molecular flexibility index (Phi) is 4.52. The van der Waals surface area contributed by atoms with Crippen LogP contribution >= 0.6 is 11.6 Å². The molecule has 20 heavy (non-hydrogen) atoms. The van der Waals surface area contributed by atoms with Crippen molar-refractivity contribution in [2.45, 2.75) is 13.5 Å². The first kappa shape index (κ1) is 14.7. The Hall–Kier alpha value is -1.72. The Labute approximate surface area is 121 Å². The molecule has 106 valence electrons. The fourth-order valence-electron chi connectivity index (χ4n) is 1.86. The van der Waals surface area contributed by atoms with E-state index in [-0.39, 0.29) is 22.3 Å². The van der Waals surface area contributed by atoms with Gasteiger partial charge in [-0.1, -0.05) is 11.6 Å². The van der Waals surface area contributed by atoms with Gasteiger partial charge in [0.05, 0.1) is 24.4 Å². The Balaban J connectivity index is 2.37. The molecular weight excluding hydrogens is 283 g/mol. The average Bonchev–Trinajstić information content (AvgIpc) is 2.80. The smallest absolute Gasteiger partial charge is 0.212 e. The zero-order valence-electron chi connectivity index (χ0n) is 11.2. The lowest BCUT2D eigenvalue weighted by Gasteiger charge is -2.07. The predicted octanol–water partition coefficient (Wildman–Crippen LogP) is 2.86. The molecule has 0 fully saturated rings. The van der Waals surface area contributed by atoms with E-state index in [0.29, 0.717) is 24.3 Å². The number of benzene rings is 1. The SMILES string of the molecule is COCCn1ncc(Cl)c1C(=O)c1ccc(F)c(C)c1. The summed E-state index contributed by atoms with van der Waals surface area (Å²) in [4.78, 5) is 12.5. The van der Waals surface area contributed by atoms with Crippen molar-refractivity contribution in [1.82, 2.24) is 9.78 Å². The van der Waals surface area contributed by atoms with Crippen molar-refractivity contribution in [2.24, 2.45) is 0 Å². The summed E-state index contributed by atoms with van der Waals surface area (Å²) in [5.74, 6) is -0.632. The molecule has 6 heteroatoms. The molecule has 0 radical (unpaired) electrons. The number of methoxy groups -OCH3 is 1. The number of ketones is 1. The second kappa shape index (κ2) is 6.15. The fraction of sp³-hybridized carbons (Fsp3) is 0.286. The molecule has 0 amide bonds. The molecule has 0 bridgehead atoms. The van der Waals surface area contributed by atoms with Gasteiger partial charge in [0.15, 0.2) is 0 Å². The summed E-state index contributed by atoms with van der Waals surface area (Å²) >= 11 is 6.02. The largest absolute Gasteiger partial charge is 0.383 e. The number of aryl methyl sites for hydroxylation is 1. The predicted molar refractivity (Wildman–Crippen MR) is 73.7 cm³/mol. The second-order valence-corrected chi connectivity index (χ2v) is 4.76. The number of hydrogen-bond donors (Lipinski definition) is 0. The highest BCUT2D eigenvalue weighted by Gasteiger charge is 2.19. The highest BCUT2D eigenvalue weighted by molar-refractivity contribution is 6.34. The Morgan fingerprint density at radius 3 is 2.90 bits per heavy atom. The van der Waals surface area contributed by atoms with E-state index in [4.69, 9.17) is 16.3 Å². The van der Waals surface area contributed by atoms with Gasteiger partial charge in [0.2, 0.25) is 5.78 Å². The molecule has 4 nitrogen and oxygen atoms in total. The van der Waals surface area contributed by atoms with Gasteiger partial charge in [0.25, 0.3) is 0 Å². The molecule has 0 spiro atoms. The summed E-state index contributed by atoms with van der Waals surface area (Å²) in [6.45, 7) is 2.45. The van der Waals surface area contributed by atoms with Gasteiger partial charge in [-0.25, -0.2) is 4.39 Å². The van der Waals surface area contributed by atoms with Gasteiger partial charge in [0, 0.05) is 12.7 Å². The van der Waals surface area contributed by atoms with E-state index in [0.717, 1.165) is 0 Å². The molecule has 0 unspecified atom stereocenters. The van der Waals surface area contributed by atoms with Crippen molar-refractivity contribution in [3.63, 3.8) is 0 Å². The van der Waals surface area contributed by atoms with Crippen molar-refractivity contribution >= 4 is 17.4 Å². The van der Waals surface area contributed by atoms with Gasteiger partial charge in [-0.2, -0.15) is 5.10 Å². The van der Waals surface area contributed by atoms with Crippen LogP contribution in [0.3, 0.4) is 0 Å². The highest BCUT2D eigenvalue weighted by atomic mass is 35.5. The lowest BCUT2D eigenvalue weighted by molar-refractivity contribution is 0.102. The summed E-state index contributed by atoms with van der Waals surface area (Å²) in [5, 5.41) is 4.32. The molecular formula is C14H14ClFN2O2. The van der Waals surface area contributed by atoms with Crippen molar-refractivity contribution in [3.8, 4) is 0 Å². The van der Waals surface area contributed by atoms with Crippen LogP contribution in [-0.4, -0.2) is 29.3 Å². The molecule has 0 aliphatic carbocycles.